The summed E-state index contributed by atoms with van der Waals surface area (Å²) in [6.45, 7) is 0.992. The van der Waals surface area contributed by atoms with Gasteiger partial charge < -0.3 is 15.2 Å². The minimum atomic E-state index is -1.05. The van der Waals surface area contributed by atoms with Crippen LogP contribution < -0.4 is 5.32 Å². The second-order valence-electron chi connectivity index (χ2n) is 4.39. The van der Waals surface area contributed by atoms with Crippen LogP contribution in [0, 0.1) is 5.92 Å². The molecule has 1 aliphatic heterocycles. The van der Waals surface area contributed by atoms with Crippen LogP contribution in [0.15, 0.2) is 18.7 Å². The Morgan fingerprint density at radius 2 is 2.16 bits per heavy atom. The molecule has 0 radical (unpaired) electrons. The third-order valence-electron chi connectivity index (χ3n) is 3.04. The van der Waals surface area contributed by atoms with Gasteiger partial charge in [-0.25, -0.2) is 14.8 Å². The number of carboxylic acids is 1. The molecule has 0 aliphatic carbocycles. The van der Waals surface area contributed by atoms with Crippen LogP contribution in [0.3, 0.4) is 0 Å². The summed E-state index contributed by atoms with van der Waals surface area (Å²) in [5.41, 5.74) is 0.241. The third kappa shape index (κ3) is 3.47. The molecule has 1 aromatic rings. The van der Waals surface area contributed by atoms with E-state index in [4.69, 9.17) is 4.74 Å². The maximum Gasteiger partial charge on any atom is 0.326 e. The van der Waals surface area contributed by atoms with E-state index in [1.165, 1.54) is 18.7 Å². The number of nitrogens with one attached hydrogen (secondary N) is 1. The number of aromatic nitrogens is 2. The van der Waals surface area contributed by atoms with Crippen molar-refractivity contribution in [2.24, 2.45) is 5.92 Å². The molecular formula is C12H15N3O4. The van der Waals surface area contributed by atoms with Crippen molar-refractivity contribution in [3.8, 4) is 0 Å². The van der Waals surface area contributed by atoms with E-state index in [1.807, 2.05) is 0 Å². The molecule has 102 valence electrons. The molecule has 1 saturated heterocycles. The van der Waals surface area contributed by atoms with E-state index in [9.17, 15) is 14.7 Å². The van der Waals surface area contributed by atoms with Crippen molar-refractivity contribution in [1.29, 1.82) is 0 Å². The lowest BCUT2D eigenvalue weighted by Gasteiger charge is -2.28. The number of ether oxygens (including phenoxy) is 1. The zero-order valence-corrected chi connectivity index (χ0v) is 10.3. The van der Waals surface area contributed by atoms with Crippen LogP contribution in [0.5, 0.6) is 0 Å². The minimum Gasteiger partial charge on any atom is -0.480 e. The molecule has 7 nitrogen and oxygen atoms in total. The molecule has 2 rings (SSSR count). The van der Waals surface area contributed by atoms with Gasteiger partial charge in [0, 0.05) is 24.9 Å². The van der Waals surface area contributed by atoms with Crippen molar-refractivity contribution in [3.05, 3.63) is 24.3 Å². The van der Waals surface area contributed by atoms with Crippen molar-refractivity contribution in [2.45, 2.75) is 18.9 Å². The van der Waals surface area contributed by atoms with Crippen LogP contribution in [-0.2, 0) is 9.53 Å². The number of aliphatic carboxylic acids is 1. The normalized spacial score (nSPS) is 20.5. The van der Waals surface area contributed by atoms with Crippen LogP contribution >= 0.6 is 0 Å². The first kappa shape index (κ1) is 13.4. The topological polar surface area (TPSA) is 101 Å². The van der Waals surface area contributed by atoms with E-state index in [2.05, 4.69) is 15.3 Å². The van der Waals surface area contributed by atoms with Gasteiger partial charge in [0.25, 0.3) is 5.91 Å². The van der Waals surface area contributed by atoms with Gasteiger partial charge in [-0.2, -0.15) is 0 Å². The van der Waals surface area contributed by atoms with Crippen molar-refractivity contribution < 1.29 is 19.4 Å². The Bertz CT molecular complexity index is 446. The highest BCUT2D eigenvalue weighted by Crippen LogP contribution is 2.18. The Morgan fingerprint density at radius 1 is 1.42 bits per heavy atom. The summed E-state index contributed by atoms with van der Waals surface area (Å²) in [5, 5.41) is 11.7. The number of amides is 1. The van der Waals surface area contributed by atoms with Gasteiger partial charge in [0.15, 0.2) is 0 Å². The predicted molar refractivity (Wildman–Crippen MR) is 64.5 cm³/mol. The van der Waals surface area contributed by atoms with Crippen molar-refractivity contribution in [2.75, 3.05) is 13.2 Å². The summed E-state index contributed by atoms with van der Waals surface area (Å²) in [5.74, 6) is -1.75. The zero-order valence-electron chi connectivity index (χ0n) is 10.3. The van der Waals surface area contributed by atoms with Crippen LogP contribution in [-0.4, -0.2) is 46.2 Å². The minimum absolute atomic E-state index is 0.208. The van der Waals surface area contributed by atoms with Gasteiger partial charge in [-0.3, -0.25) is 4.79 Å². The fourth-order valence-corrected chi connectivity index (χ4v) is 2.05. The Kier molecular flexibility index (Phi) is 4.40. The van der Waals surface area contributed by atoms with Gasteiger partial charge >= 0.3 is 5.97 Å². The number of hydrogen-bond donors (Lipinski definition) is 2. The summed E-state index contributed by atoms with van der Waals surface area (Å²) < 4.78 is 5.26. The standard InChI is InChI=1S/C12H15N3O4/c16-11(9-4-13-7-14-5-9)15-10(12(17)18)8-2-1-3-19-6-8/h4-5,7-8,10H,1-3,6H2,(H,15,16)(H,17,18). The molecule has 0 bridgehead atoms. The van der Waals surface area contributed by atoms with Gasteiger partial charge in [0.05, 0.1) is 12.2 Å². The Morgan fingerprint density at radius 3 is 2.74 bits per heavy atom. The van der Waals surface area contributed by atoms with Crippen molar-refractivity contribution in [1.82, 2.24) is 15.3 Å². The average molecular weight is 265 g/mol. The lowest BCUT2D eigenvalue weighted by Crippen LogP contribution is -2.48. The summed E-state index contributed by atoms with van der Waals surface area (Å²) in [6, 6.07) is -0.951. The first-order chi connectivity index (χ1) is 9.18. The Balaban J connectivity index is 2.04. The highest BCUT2D eigenvalue weighted by atomic mass is 16.5. The molecule has 2 atom stereocenters. The number of rotatable bonds is 4. The third-order valence-corrected chi connectivity index (χ3v) is 3.04. The largest absolute Gasteiger partial charge is 0.480 e. The molecule has 2 heterocycles. The van der Waals surface area contributed by atoms with Gasteiger partial charge in [0.1, 0.15) is 12.4 Å². The van der Waals surface area contributed by atoms with Crippen LogP contribution in [0.1, 0.15) is 23.2 Å². The number of carboxylic acid groups (broad SMARTS) is 1. The monoisotopic (exact) mass is 265 g/mol. The quantitative estimate of drug-likeness (QED) is 0.799. The fourth-order valence-electron chi connectivity index (χ4n) is 2.05. The highest BCUT2D eigenvalue weighted by molar-refractivity contribution is 5.96. The second-order valence-corrected chi connectivity index (χ2v) is 4.39. The van der Waals surface area contributed by atoms with E-state index in [1.54, 1.807) is 0 Å². The molecule has 1 fully saturated rings. The molecule has 0 aromatic carbocycles. The predicted octanol–water partition coefficient (Wildman–Crippen LogP) is 0.0862. The molecule has 2 N–H and O–H groups in total. The van der Waals surface area contributed by atoms with E-state index in [0.717, 1.165) is 12.8 Å². The highest BCUT2D eigenvalue weighted by Gasteiger charge is 2.31. The van der Waals surface area contributed by atoms with E-state index < -0.39 is 17.9 Å². The second kappa shape index (κ2) is 6.24. The first-order valence-corrected chi connectivity index (χ1v) is 6.05. The number of carbonyl (C=O) groups is 2. The fraction of sp³-hybridized carbons (Fsp3) is 0.500. The maximum absolute atomic E-state index is 11.9. The molecule has 1 aromatic heterocycles. The molecule has 1 aliphatic rings. The SMILES string of the molecule is O=C(NC(C(=O)O)C1CCCOC1)c1cncnc1. The average Bonchev–Trinajstić information content (AvgIpc) is 2.46. The van der Waals surface area contributed by atoms with E-state index >= 15 is 0 Å². The summed E-state index contributed by atoms with van der Waals surface area (Å²) in [4.78, 5) is 30.6. The zero-order chi connectivity index (χ0) is 13.7. The van der Waals surface area contributed by atoms with Gasteiger partial charge in [-0.05, 0) is 12.8 Å². The number of carbonyl (C=O) groups excluding carboxylic acids is 1. The molecule has 1 amide bonds. The van der Waals surface area contributed by atoms with Crippen molar-refractivity contribution >= 4 is 11.9 Å². The van der Waals surface area contributed by atoms with Gasteiger partial charge in [-0.1, -0.05) is 0 Å². The lowest BCUT2D eigenvalue weighted by atomic mass is 9.93. The number of hydrogen-bond acceptors (Lipinski definition) is 5. The van der Waals surface area contributed by atoms with Crippen molar-refractivity contribution in [3.63, 3.8) is 0 Å². The molecule has 19 heavy (non-hydrogen) atoms. The van der Waals surface area contributed by atoms with Crippen LogP contribution in [0.25, 0.3) is 0 Å². The maximum atomic E-state index is 11.9. The summed E-state index contributed by atoms with van der Waals surface area (Å²) in [6.07, 6.45) is 5.53. The van der Waals surface area contributed by atoms with E-state index in [-0.39, 0.29) is 11.5 Å². The Hall–Kier alpha value is -2.02. The lowest BCUT2D eigenvalue weighted by molar-refractivity contribution is -0.142. The smallest absolute Gasteiger partial charge is 0.326 e. The number of nitrogens with zero attached hydrogens (tertiary/aromatic N) is 2. The van der Waals surface area contributed by atoms with E-state index in [0.29, 0.717) is 13.2 Å². The summed E-state index contributed by atoms with van der Waals surface area (Å²) in [7, 11) is 0. The van der Waals surface area contributed by atoms with Gasteiger partial charge in [0.2, 0.25) is 0 Å². The molecule has 7 heteroatoms. The molecular weight excluding hydrogens is 250 g/mol. The first-order valence-electron chi connectivity index (χ1n) is 6.05. The van der Waals surface area contributed by atoms with Crippen LogP contribution in [0.2, 0.25) is 0 Å². The summed E-state index contributed by atoms with van der Waals surface area (Å²) >= 11 is 0. The molecule has 0 spiro atoms. The van der Waals surface area contributed by atoms with Gasteiger partial charge in [-0.15, -0.1) is 0 Å². The Labute approximate surface area is 110 Å². The van der Waals surface area contributed by atoms with Crippen LogP contribution in [0.4, 0.5) is 0 Å². The molecule has 0 saturated carbocycles. The molecule has 2 unspecified atom stereocenters.